The van der Waals surface area contributed by atoms with Gasteiger partial charge in [0.25, 0.3) is 0 Å². The fourth-order valence-electron chi connectivity index (χ4n) is 3.95. The second-order valence-corrected chi connectivity index (χ2v) is 8.90. The lowest BCUT2D eigenvalue weighted by molar-refractivity contribution is -0.153. The zero-order chi connectivity index (χ0) is 22.5. The summed E-state index contributed by atoms with van der Waals surface area (Å²) >= 11 is 0. The molecule has 0 bridgehead atoms. The molecule has 0 spiro atoms. The van der Waals surface area contributed by atoms with Crippen molar-refractivity contribution in [2.24, 2.45) is 0 Å². The third kappa shape index (κ3) is 5.64. The lowest BCUT2D eigenvalue weighted by Crippen LogP contribution is -2.56. The number of methoxy groups -OCH3 is 1. The second-order valence-electron chi connectivity index (χ2n) is 8.90. The van der Waals surface area contributed by atoms with Crippen molar-refractivity contribution in [3.63, 3.8) is 0 Å². The molecule has 2 atom stereocenters. The number of carbonyl (C=O) groups is 2. The molecule has 6 nitrogen and oxygen atoms in total. The van der Waals surface area contributed by atoms with E-state index >= 15 is 0 Å². The van der Waals surface area contributed by atoms with Crippen LogP contribution in [0.5, 0.6) is 0 Å². The van der Waals surface area contributed by atoms with Crippen molar-refractivity contribution in [1.82, 2.24) is 4.90 Å². The lowest BCUT2D eigenvalue weighted by Gasteiger charge is -2.36. The summed E-state index contributed by atoms with van der Waals surface area (Å²) in [5, 5.41) is 0. The largest absolute Gasteiger partial charge is 0.467 e. The summed E-state index contributed by atoms with van der Waals surface area (Å²) < 4.78 is 17.0. The molecule has 2 aromatic carbocycles. The van der Waals surface area contributed by atoms with Gasteiger partial charge in [0.1, 0.15) is 5.60 Å². The fraction of sp³-hybridized carbons (Fsp3) is 0.440. The van der Waals surface area contributed by atoms with E-state index in [9.17, 15) is 9.59 Å². The van der Waals surface area contributed by atoms with Crippen LogP contribution >= 0.6 is 0 Å². The molecule has 0 N–H and O–H groups in total. The first-order valence-electron chi connectivity index (χ1n) is 10.5. The lowest BCUT2D eigenvalue weighted by atomic mass is 9.87. The first-order chi connectivity index (χ1) is 14.7. The average Bonchev–Trinajstić information content (AvgIpc) is 3.11. The van der Waals surface area contributed by atoms with E-state index in [0.29, 0.717) is 19.4 Å². The highest BCUT2D eigenvalue weighted by atomic mass is 16.6. The molecule has 0 radical (unpaired) electrons. The molecule has 31 heavy (non-hydrogen) atoms. The molecule has 0 aliphatic carbocycles. The van der Waals surface area contributed by atoms with Crippen molar-refractivity contribution in [3.8, 4) is 0 Å². The standard InChI is InChI=1S/C25H31NO5/c1-24(2,3)31-23(28)26-17-21(30-18-20-13-9-6-10-14-20)16-25(26,22(27)29-4)15-19-11-7-5-8-12-19/h5-14,21H,15-18H2,1-4H3/t21-,25-/m0/s1. The first-order valence-corrected chi connectivity index (χ1v) is 10.5. The van der Waals surface area contributed by atoms with E-state index in [1.807, 2.05) is 60.7 Å². The molecule has 2 aromatic rings. The van der Waals surface area contributed by atoms with Crippen molar-refractivity contribution in [2.75, 3.05) is 13.7 Å². The van der Waals surface area contributed by atoms with Gasteiger partial charge in [-0.05, 0) is 31.9 Å². The fourth-order valence-corrected chi connectivity index (χ4v) is 3.95. The van der Waals surface area contributed by atoms with E-state index in [4.69, 9.17) is 14.2 Å². The van der Waals surface area contributed by atoms with Crippen LogP contribution in [0.3, 0.4) is 0 Å². The number of hydrogen-bond donors (Lipinski definition) is 0. The predicted octanol–water partition coefficient (Wildman–Crippen LogP) is 4.37. The number of esters is 1. The zero-order valence-corrected chi connectivity index (χ0v) is 18.7. The Balaban J connectivity index is 1.89. The molecule has 1 heterocycles. The number of hydrogen-bond acceptors (Lipinski definition) is 5. The van der Waals surface area contributed by atoms with Crippen LogP contribution in [0.25, 0.3) is 0 Å². The van der Waals surface area contributed by atoms with Gasteiger partial charge in [-0.1, -0.05) is 60.7 Å². The first kappa shape index (κ1) is 22.8. The molecule has 1 aliphatic rings. The van der Waals surface area contributed by atoms with Crippen LogP contribution in [0.15, 0.2) is 60.7 Å². The number of likely N-dealkylation sites (tertiary alicyclic amines) is 1. The number of carbonyl (C=O) groups excluding carboxylic acids is 2. The Morgan fingerprint density at radius 1 is 1.00 bits per heavy atom. The van der Waals surface area contributed by atoms with Crippen molar-refractivity contribution in [2.45, 2.75) is 57.5 Å². The van der Waals surface area contributed by atoms with Crippen LogP contribution in [0.2, 0.25) is 0 Å². The van der Waals surface area contributed by atoms with Gasteiger partial charge >= 0.3 is 12.1 Å². The molecule has 3 rings (SSSR count). The molecule has 1 fully saturated rings. The predicted molar refractivity (Wildman–Crippen MR) is 117 cm³/mol. The minimum atomic E-state index is -1.19. The quantitative estimate of drug-likeness (QED) is 0.643. The number of rotatable bonds is 6. The van der Waals surface area contributed by atoms with Gasteiger partial charge in [0.05, 0.1) is 26.4 Å². The summed E-state index contributed by atoms with van der Waals surface area (Å²) in [6.07, 6.45) is -0.207. The van der Waals surface area contributed by atoms with Gasteiger partial charge in [-0.2, -0.15) is 0 Å². The molecule has 1 amide bonds. The Hall–Kier alpha value is -2.86. The number of nitrogens with zero attached hydrogens (tertiary/aromatic N) is 1. The van der Waals surface area contributed by atoms with Gasteiger partial charge in [0, 0.05) is 12.8 Å². The maximum Gasteiger partial charge on any atom is 0.411 e. The zero-order valence-electron chi connectivity index (χ0n) is 18.7. The van der Waals surface area contributed by atoms with Crippen LogP contribution < -0.4 is 0 Å². The van der Waals surface area contributed by atoms with Crippen molar-refractivity contribution in [1.29, 1.82) is 0 Å². The molecular formula is C25H31NO5. The Morgan fingerprint density at radius 3 is 2.13 bits per heavy atom. The molecule has 1 saturated heterocycles. The summed E-state index contributed by atoms with van der Waals surface area (Å²) in [5.41, 5.74) is 0.0872. The van der Waals surface area contributed by atoms with E-state index < -0.39 is 23.2 Å². The number of amides is 1. The Kier molecular flexibility index (Phi) is 7.01. The second kappa shape index (κ2) is 9.52. The van der Waals surface area contributed by atoms with Crippen LogP contribution in [0, 0.1) is 0 Å². The Morgan fingerprint density at radius 2 is 1.58 bits per heavy atom. The molecule has 1 aliphatic heterocycles. The normalized spacial score (nSPS) is 21.0. The third-order valence-corrected chi connectivity index (χ3v) is 5.32. The molecular weight excluding hydrogens is 394 g/mol. The number of ether oxygens (including phenoxy) is 3. The summed E-state index contributed by atoms with van der Waals surface area (Å²) in [7, 11) is 1.35. The monoisotopic (exact) mass is 425 g/mol. The minimum Gasteiger partial charge on any atom is -0.467 e. The summed E-state index contributed by atoms with van der Waals surface area (Å²) in [5.74, 6) is -0.465. The molecule has 0 unspecified atom stereocenters. The summed E-state index contributed by atoms with van der Waals surface area (Å²) in [6.45, 7) is 6.07. The Labute approximate surface area is 184 Å². The van der Waals surface area contributed by atoms with E-state index in [1.54, 1.807) is 20.8 Å². The van der Waals surface area contributed by atoms with Crippen molar-refractivity contribution in [3.05, 3.63) is 71.8 Å². The maximum absolute atomic E-state index is 13.1. The maximum atomic E-state index is 13.1. The van der Waals surface area contributed by atoms with E-state index in [1.165, 1.54) is 12.0 Å². The molecule has 0 aromatic heterocycles. The van der Waals surface area contributed by atoms with Crippen molar-refractivity contribution < 1.29 is 23.8 Å². The van der Waals surface area contributed by atoms with Crippen LogP contribution in [0.1, 0.15) is 38.3 Å². The van der Waals surface area contributed by atoms with Crippen LogP contribution in [0.4, 0.5) is 4.79 Å². The average molecular weight is 426 g/mol. The molecule has 6 heteroatoms. The van der Waals surface area contributed by atoms with Gasteiger partial charge in [0.2, 0.25) is 0 Å². The van der Waals surface area contributed by atoms with Gasteiger partial charge in [0.15, 0.2) is 5.54 Å². The van der Waals surface area contributed by atoms with Gasteiger partial charge in [-0.25, -0.2) is 9.59 Å². The highest BCUT2D eigenvalue weighted by Gasteiger charge is 2.55. The van der Waals surface area contributed by atoms with Crippen LogP contribution in [-0.4, -0.2) is 47.9 Å². The third-order valence-electron chi connectivity index (χ3n) is 5.32. The van der Waals surface area contributed by atoms with Gasteiger partial charge < -0.3 is 14.2 Å². The molecule has 166 valence electrons. The summed E-state index contributed by atoms with van der Waals surface area (Å²) in [4.78, 5) is 27.8. The summed E-state index contributed by atoms with van der Waals surface area (Å²) in [6, 6.07) is 19.4. The minimum absolute atomic E-state index is 0.254. The van der Waals surface area contributed by atoms with E-state index in [-0.39, 0.29) is 12.6 Å². The van der Waals surface area contributed by atoms with Crippen LogP contribution in [-0.2, 0) is 32.0 Å². The highest BCUT2D eigenvalue weighted by Crippen LogP contribution is 2.37. The smallest absolute Gasteiger partial charge is 0.411 e. The topological polar surface area (TPSA) is 65.1 Å². The van der Waals surface area contributed by atoms with E-state index in [0.717, 1.165) is 11.1 Å². The molecule has 0 saturated carbocycles. The number of benzene rings is 2. The highest BCUT2D eigenvalue weighted by molar-refractivity contribution is 5.87. The Bertz CT molecular complexity index is 878. The van der Waals surface area contributed by atoms with Crippen molar-refractivity contribution >= 4 is 12.1 Å². The van der Waals surface area contributed by atoms with Gasteiger partial charge in [-0.15, -0.1) is 0 Å². The van der Waals surface area contributed by atoms with E-state index in [2.05, 4.69) is 0 Å². The van der Waals surface area contributed by atoms with Gasteiger partial charge in [-0.3, -0.25) is 4.90 Å². The SMILES string of the molecule is COC(=O)[C@]1(Cc2ccccc2)C[C@H](OCc2ccccc2)CN1C(=O)OC(C)(C)C.